The number of ether oxygens (including phenoxy) is 4. The molecule has 2 saturated heterocycles. The van der Waals surface area contributed by atoms with Gasteiger partial charge < -0.3 is 33.9 Å². The standard InChI is InChI=1S/C51H57N7O10S2/c1-51(2,3)68-50(61)56-32-43(33-56)69(62)45-24-23-44(39-15-13-37(14-16-39)38-25-27-55(28-26-38)49(59)60)46(48-52-54-58(53-48)31-36-11-21-42(67-6)22-12-36)47(45)70(63,64)57(29-34-7-17-40(65-4)18-8-34)30-35-9-19-41(66-5)20-10-35/h7-24,38,43H,25-33H2,1-6H3,(H,59,60). The molecule has 1 unspecified atom stereocenters. The van der Waals surface area contributed by atoms with Gasteiger partial charge in [-0.25, -0.2) is 18.0 Å². The van der Waals surface area contributed by atoms with Crippen LogP contribution < -0.4 is 14.2 Å². The summed E-state index contributed by atoms with van der Waals surface area (Å²) < 4.78 is 70.6. The van der Waals surface area contributed by atoms with E-state index in [1.807, 2.05) is 48.5 Å². The van der Waals surface area contributed by atoms with Crippen LogP contribution in [-0.2, 0) is 45.2 Å². The van der Waals surface area contributed by atoms with E-state index in [0.29, 0.717) is 65.4 Å². The van der Waals surface area contributed by atoms with Gasteiger partial charge in [-0.1, -0.05) is 66.7 Å². The lowest BCUT2D eigenvalue weighted by Crippen LogP contribution is -2.56. The Kier molecular flexibility index (Phi) is 14.9. The Bertz CT molecular complexity index is 2880. The largest absolute Gasteiger partial charge is 0.497 e. The van der Waals surface area contributed by atoms with Crippen molar-refractivity contribution in [3.8, 4) is 39.8 Å². The number of aromatic nitrogens is 4. The molecule has 70 heavy (non-hydrogen) atoms. The van der Waals surface area contributed by atoms with Gasteiger partial charge in [-0.15, -0.1) is 10.2 Å². The van der Waals surface area contributed by atoms with Crippen LogP contribution in [0.25, 0.3) is 22.5 Å². The lowest BCUT2D eigenvalue weighted by molar-refractivity contribution is 0.0141. The lowest BCUT2D eigenvalue weighted by Gasteiger charge is -2.39. The van der Waals surface area contributed by atoms with Gasteiger partial charge in [0.25, 0.3) is 0 Å². The minimum absolute atomic E-state index is 0.0103. The second-order valence-corrected chi connectivity index (χ2v) is 21.8. The van der Waals surface area contributed by atoms with Crippen molar-refractivity contribution in [2.24, 2.45) is 0 Å². The second kappa shape index (κ2) is 21.0. The molecule has 2 fully saturated rings. The van der Waals surface area contributed by atoms with Gasteiger partial charge in [-0.3, -0.25) is 4.21 Å². The fourth-order valence-corrected chi connectivity index (χ4v) is 12.3. The van der Waals surface area contributed by atoms with Gasteiger partial charge in [-0.05, 0) is 121 Å². The number of benzene rings is 5. The van der Waals surface area contributed by atoms with E-state index in [-0.39, 0.29) is 59.8 Å². The Labute approximate surface area is 410 Å². The predicted molar refractivity (Wildman–Crippen MR) is 263 cm³/mol. The Balaban J connectivity index is 1.29. The molecule has 17 nitrogen and oxygen atoms in total. The third-order valence-corrected chi connectivity index (χ3v) is 16.1. The maximum Gasteiger partial charge on any atom is 0.410 e. The summed E-state index contributed by atoms with van der Waals surface area (Å²) in [4.78, 5) is 28.8. The number of piperidine rings is 1. The molecule has 5 aromatic carbocycles. The van der Waals surface area contributed by atoms with E-state index in [4.69, 9.17) is 24.0 Å². The number of amides is 2. The molecule has 2 aliphatic rings. The van der Waals surface area contributed by atoms with Crippen molar-refractivity contribution in [1.82, 2.24) is 34.3 Å². The monoisotopic (exact) mass is 991 g/mol. The highest BCUT2D eigenvalue weighted by Crippen LogP contribution is 2.43. The molecule has 8 rings (SSSR count). The van der Waals surface area contributed by atoms with Gasteiger partial charge >= 0.3 is 12.2 Å². The smallest absolute Gasteiger partial charge is 0.410 e. The Hall–Kier alpha value is -6.83. The van der Waals surface area contributed by atoms with Crippen molar-refractivity contribution >= 4 is 33.0 Å². The van der Waals surface area contributed by atoms with Crippen LogP contribution in [0.4, 0.5) is 9.59 Å². The van der Waals surface area contributed by atoms with Gasteiger partial charge in [-0.2, -0.15) is 9.10 Å². The van der Waals surface area contributed by atoms with Crippen LogP contribution in [-0.4, -0.2) is 123 Å². The van der Waals surface area contributed by atoms with Gasteiger partial charge in [0.05, 0.1) is 54.4 Å². The van der Waals surface area contributed by atoms with Crippen LogP contribution in [0.2, 0.25) is 0 Å². The first kappa shape index (κ1) is 49.6. The zero-order chi connectivity index (χ0) is 49.7. The molecule has 6 aromatic rings. The first-order chi connectivity index (χ1) is 33.5. The van der Waals surface area contributed by atoms with Crippen molar-refractivity contribution in [3.05, 3.63) is 131 Å². The van der Waals surface area contributed by atoms with E-state index >= 15 is 12.6 Å². The zero-order valence-corrected chi connectivity index (χ0v) is 41.6. The van der Waals surface area contributed by atoms with Crippen LogP contribution in [0.15, 0.2) is 119 Å². The predicted octanol–water partition coefficient (Wildman–Crippen LogP) is 8.06. The minimum Gasteiger partial charge on any atom is -0.497 e. The zero-order valence-electron chi connectivity index (χ0n) is 40.0. The highest BCUT2D eigenvalue weighted by atomic mass is 32.2. The summed E-state index contributed by atoms with van der Waals surface area (Å²) in [5.74, 6) is 1.98. The molecule has 0 spiro atoms. The van der Waals surface area contributed by atoms with Gasteiger partial charge in [0.15, 0.2) is 0 Å². The van der Waals surface area contributed by atoms with Gasteiger partial charge in [0, 0.05) is 39.3 Å². The summed E-state index contributed by atoms with van der Waals surface area (Å²) >= 11 is 0. The number of methoxy groups -OCH3 is 3. The number of carbonyl (C=O) groups is 2. The van der Waals surface area contributed by atoms with Crippen LogP contribution in [0, 0.1) is 0 Å². The minimum atomic E-state index is -4.69. The van der Waals surface area contributed by atoms with E-state index in [1.165, 1.54) is 18.9 Å². The molecule has 0 bridgehead atoms. The number of rotatable bonds is 16. The average molecular weight is 992 g/mol. The van der Waals surface area contributed by atoms with E-state index in [2.05, 4.69) is 10.3 Å². The summed E-state index contributed by atoms with van der Waals surface area (Å²) in [6.07, 6.45) is -0.170. The SMILES string of the molecule is COc1ccc(CN(Cc2ccc(OC)cc2)S(=O)(=O)c2c(S(=O)C3CN(C(=O)OC(C)(C)C)C3)ccc(-c3ccc(C4CCN(C(=O)O)CC4)cc3)c2-c2nnn(Cc3ccc(OC)cc3)n2)cc1. The molecule has 0 saturated carbocycles. The Morgan fingerprint density at radius 3 is 1.77 bits per heavy atom. The van der Waals surface area contributed by atoms with Crippen LogP contribution in [0.1, 0.15) is 61.8 Å². The highest BCUT2D eigenvalue weighted by Gasteiger charge is 2.42. The molecule has 1 aromatic heterocycles. The summed E-state index contributed by atoms with van der Waals surface area (Å²) in [6, 6.07) is 32.7. The third kappa shape index (κ3) is 11.3. The van der Waals surface area contributed by atoms with E-state index in [9.17, 15) is 14.7 Å². The molecule has 2 aliphatic heterocycles. The number of tetrazole rings is 1. The Morgan fingerprint density at radius 2 is 1.27 bits per heavy atom. The fraction of sp³-hybridized carbons (Fsp3) is 0.353. The Morgan fingerprint density at radius 1 is 0.743 bits per heavy atom. The van der Waals surface area contributed by atoms with Crippen LogP contribution in [0.5, 0.6) is 17.2 Å². The highest BCUT2D eigenvalue weighted by molar-refractivity contribution is 7.91. The molecule has 1 atom stereocenters. The van der Waals surface area contributed by atoms with Crippen molar-refractivity contribution in [2.75, 3.05) is 47.5 Å². The number of hydrogen-bond donors (Lipinski definition) is 1. The van der Waals surface area contributed by atoms with Gasteiger partial charge in [0.2, 0.25) is 15.8 Å². The third-order valence-electron chi connectivity index (χ3n) is 12.4. The number of sulfonamides is 1. The number of hydrogen-bond acceptors (Lipinski definition) is 12. The molecule has 1 N–H and O–H groups in total. The topological polar surface area (TPSA) is 196 Å². The lowest BCUT2D eigenvalue weighted by atomic mass is 9.88. The van der Waals surface area contributed by atoms with Crippen LogP contribution in [0.3, 0.4) is 0 Å². The van der Waals surface area contributed by atoms with Gasteiger partial charge in [0.1, 0.15) is 27.7 Å². The van der Waals surface area contributed by atoms with E-state index < -0.39 is 43.9 Å². The fourth-order valence-electron chi connectivity index (χ4n) is 8.54. The second-order valence-electron chi connectivity index (χ2n) is 18.2. The van der Waals surface area contributed by atoms with Crippen molar-refractivity contribution in [3.63, 3.8) is 0 Å². The molecule has 3 heterocycles. The maximum absolute atomic E-state index is 16.2. The quantitative estimate of drug-likeness (QED) is 0.0979. The summed E-state index contributed by atoms with van der Waals surface area (Å²) in [5.41, 5.74) is 3.63. The van der Waals surface area contributed by atoms with Crippen molar-refractivity contribution in [1.29, 1.82) is 0 Å². The first-order valence-corrected chi connectivity index (χ1v) is 25.5. The molecule has 19 heteroatoms. The average Bonchev–Trinajstić information content (AvgIpc) is 3.81. The number of carbonyl (C=O) groups excluding carboxylic acids is 1. The summed E-state index contributed by atoms with van der Waals surface area (Å²) in [7, 11) is -1.99. The molecule has 368 valence electrons. The number of carboxylic acid groups (broad SMARTS) is 1. The molecular formula is C51H57N7O10S2. The van der Waals surface area contributed by atoms with Crippen molar-refractivity contribution in [2.45, 2.75) is 79.8 Å². The maximum atomic E-state index is 16.2. The van der Waals surface area contributed by atoms with Crippen molar-refractivity contribution < 1.29 is 46.3 Å². The number of likely N-dealkylation sites (tertiary alicyclic amines) is 2. The molecule has 0 radical (unpaired) electrons. The first-order valence-electron chi connectivity index (χ1n) is 22.8. The molecular weight excluding hydrogens is 935 g/mol. The number of nitrogens with zero attached hydrogens (tertiary/aromatic N) is 7. The van der Waals surface area contributed by atoms with E-state index in [0.717, 1.165) is 11.1 Å². The van der Waals surface area contributed by atoms with Crippen LogP contribution >= 0.6 is 0 Å². The molecule has 2 amide bonds. The summed E-state index contributed by atoms with van der Waals surface area (Å²) in [5, 5.41) is 22.7. The normalized spacial score (nSPS) is 15.1. The summed E-state index contributed by atoms with van der Waals surface area (Å²) in [6.45, 7) is 6.31. The molecule has 0 aliphatic carbocycles. The van der Waals surface area contributed by atoms with E-state index in [1.54, 1.807) is 103 Å².